The summed E-state index contributed by atoms with van der Waals surface area (Å²) < 4.78 is 32.6. The van der Waals surface area contributed by atoms with Gasteiger partial charge in [0.05, 0.1) is 21.3 Å². The topological polar surface area (TPSA) is 76.6 Å². The third-order valence-corrected chi connectivity index (χ3v) is 7.85. The van der Waals surface area contributed by atoms with Gasteiger partial charge in [-0.3, -0.25) is 0 Å². The van der Waals surface area contributed by atoms with Gasteiger partial charge in [-0.1, -0.05) is 24.9 Å². The van der Waals surface area contributed by atoms with Crippen LogP contribution in [-0.4, -0.2) is 36.8 Å². The molecule has 1 aliphatic heterocycles. The lowest BCUT2D eigenvalue weighted by Gasteiger charge is -2.26. The Hall–Kier alpha value is -1.48. The number of halogens is 1. The van der Waals surface area contributed by atoms with Crippen molar-refractivity contribution >= 4 is 38.9 Å². The van der Waals surface area contributed by atoms with Crippen molar-refractivity contribution in [1.82, 2.24) is 9.29 Å². The first kappa shape index (κ1) is 21.2. The fraction of sp³-hybridized carbons (Fsp3) is 0.474. The number of hydrogen-bond donors (Lipinski definition) is 0. The molecule has 1 fully saturated rings. The van der Waals surface area contributed by atoms with Crippen LogP contribution in [-0.2, 0) is 27.8 Å². The summed E-state index contributed by atoms with van der Waals surface area (Å²) in [7, 11) is -3.74. The maximum Gasteiger partial charge on any atom is 0.338 e. The Kier molecular flexibility index (Phi) is 7.09. The lowest BCUT2D eigenvalue weighted by atomic mass is 10.2. The smallest absolute Gasteiger partial charge is 0.338 e. The van der Waals surface area contributed by atoms with Crippen molar-refractivity contribution in [2.45, 2.75) is 50.5 Å². The average molecular weight is 443 g/mol. The number of sulfonamides is 1. The number of rotatable bonds is 7. The van der Waals surface area contributed by atoms with Gasteiger partial charge in [0, 0.05) is 18.5 Å². The van der Waals surface area contributed by atoms with Gasteiger partial charge in [-0.2, -0.15) is 4.31 Å². The van der Waals surface area contributed by atoms with E-state index in [1.165, 1.54) is 22.5 Å². The summed E-state index contributed by atoms with van der Waals surface area (Å²) in [6.07, 6.45) is 4.57. The van der Waals surface area contributed by atoms with Gasteiger partial charge in [-0.25, -0.2) is 18.2 Å². The Labute approximate surface area is 174 Å². The van der Waals surface area contributed by atoms with E-state index in [1.54, 1.807) is 11.3 Å². The van der Waals surface area contributed by atoms with E-state index in [4.69, 9.17) is 16.3 Å². The summed E-state index contributed by atoms with van der Waals surface area (Å²) in [5.74, 6) is -0.600. The number of aryl methyl sites for hydroxylation is 1. The zero-order chi connectivity index (χ0) is 20.1. The minimum absolute atomic E-state index is 0.0515. The molecule has 0 N–H and O–H groups in total. The molecule has 0 saturated carbocycles. The summed E-state index contributed by atoms with van der Waals surface area (Å²) in [6, 6.07) is 4.21. The molecule has 28 heavy (non-hydrogen) atoms. The highest BCUT2D eigenvalue weighted by Crippen LogP contribution is 2.28. The lowest BCUT2D eigenvalue weighted by molar-refractivity contribution is 0.0468. The highest BCUT2D eigenvalue weighted by Gasteiger charge is 2.29. The first-order valence-corrected chi connectivity index (χ1v) is 12.0. The molecule has 3 rings (SSSR count). The molecule has 0 amide bonds. The molecule has 2 aromatic rings. The lowest BCUT2D eigenvalue weighted by Crippen LogP contribution is -2.35. The Balaban J connectivity index is 1.73. The van der Waals surface area contributed by atoms with Crippen molar-refractivity contribution in [1.29, 1.82) is 0 Å². The number of thiazole rings is 1. The second-order valence-corrected chi connectivity index (χ2v) is 9.92. The zero-order valence-electron chi connectivity index (χ0n) is 15.7. The molecule has 0 bridgehead atoms. The molecule has 6 nitrogen and oxygen atoms in total. The van der Waals surface area contributed by atoms with E-state index in [0.717, 1.165) is 37.1 Å². The van der Waals surface area contributed by atoms with Gasteiger partial charge >= 0.3 is 5.97 Å². The van der Waals surface area contributed by atoms with E-state index in [1.807, 2.05) is 5.38 Å². The van der Waals surface area contributed by atoms with Crippen molar-refractivity contribution in [2.24, 2.45) is 0 Å². The SMILES string of the molecule is CCCc1nc(COC(=O)c2ccc(Cl)c(S(=O)(=O)N3CCCCC3)c2)cs1. The van der Waals surface area contributed by atoms with Crippen LogP contribution in [0.5, 0.6) is 0 Å². The van der Waals surface area contributed by atoms with Crippen LogP contribution in [0.15, 0.2) is 28.5 Å². The third kappa shape index (κ3) is 4.92. The molecule has 0 spiro atoms. The van der Waals surface area contributed by atoms with Gasteiger partial charge in [0.25, 0.3) is 0 Å². The summed E-state index contributed by atoms with van der Waals surface area (Å²) in [5, 5.41) is 2.98. The fourth-order valence-corrected chi connectivity index (χ4v) is 5.94. The molecule has 1 aromatic heterocycles. The van der Waals surface area contributed by atoms with Crippen molar-refractivity contribution in [3.8, 4) is 0 Å². The number of ether oxygens (including phenoxy) is 1. The predicted molar refractivity (Wildman–Crippen MR) is 109 cm³/mol. The molecule has 0 aliphatic carbocycles. The third-order valence-electron chi connectivity index (χ3n) is 4.51. The second kappa shape index (κ2) is 9.35. The Morgan fingerprint density at radius 2 is 2.04 bits per heavy atom. The molecule has 1 aromatic carbocycles. The minimum Gasteiger partial charge on any atom is -0.456 e. The van der Waals surface area contributed by atoms with Crippen LogP contribution in [0.3, 0.4) is 0 Å². The number of hydrogen-bond acceptors (Lipinski definition) is 6. The molecule has 9 heteroatoms. The molecule has 2 heterocycles. The summed E-state index contributed by atoms with van der Waals surface area (Å²) >= 11 is 7.68. The average Bonchev–Trinajstić information content (AvgIpc) is 3.15. The maximum absolute atomic E-state index is 12.9. The van der Waals surface area contributed by atoms with Crippen LogP contribution >= 0.6 is 22.9 Å². The van der Waals surface area contributed by atoms with E-state index in [2.05, 4.69) is 11.9 Å². The first-order chi connectivity index (χ1) is 13.4. The van der Waals surface area contributed by atoms with Crippen LogP contribution in [0.25, 0.3) is 0 Å². The van der Waals surface area contributed by atoms with Crippen LogP contribution in [0, 0.1) is 0 Å². The van der Waals surface area contributed by atoms with Crippen LogP contribution < -0.4 is 0 Å². The molecule has 1 saturated heterocycles. The number of esters is 1. The number of aromatic nitrogens is 1. The monoisotopic (exact) mass is 442 g/mol. The maximum atomic E-state index is 12.9. The summed E-state index contributed by atoms with van der Waals surface area (Å²) in [6.45, 7) is 3.07. The summed E-state index contributed by atoms with van der Waals surface area (Å²) in [4.78, 5) is 16.8. The molecule has 0 atom stereocenters. The Morgan fingerprint density at radius 3 is 2.75 bits per heavy atom. The fourth-order valence-electron chi connectivity index (χ4n) is 3.04. The van der Waals surface area contributed by atoms with Crippen LogP contribution in [0.1, 0.15) is 53.7 Å². The molecular weight excluding hydrogens is 420 g/mol. The minimum atomic E-state index is -3.74. The van der Waals surface area contributed by atoms with Crippen LogP contribution in [0.2, 0.25) is 5.02 Å². The van der Waals surface area contributed by atoms with Gasteiger partial charge in [-0.05, 0) is 43.9 Å². The van der Waals surface area contributed by atoms with Gasteiger partial charge in [0.1, 0.15) is 11.5 Å². The van der Waals surface area contributed by atoms with Crippen molar-refractivity contribution in [3.05, 3.63) is 44.9 Å². The van der Waals surface area contributed by atoms with Gasteiger partial charge < -0.3 is 4.74 Å². The molecular formula is C19H23ClN2O4S2. The number of nitrogens with zero attached hydrogens (tertiary/aromatic N) is 2. The van der Waals surface area contributed by atoms with Crippen molar-refractivity contribution < 1.29 is 17.9 Å². The Bertz CT molecular complexity index is 937. The highest BCUT2D eigenvalue weighted by atomic mass is 35.5. The second-order valence-electron chi connectivity index (χ2n) is 6.67. The number of benzene rings is 1. The zero-order valence-corrected chi connectivity index (χ0v) is 18.1. The van der Waals surface area contributed by atoms with E-state index in [-0.39, 0.29) is 22.1 Å². The van der Waals surface area contributed by atoms with Crippen molar-refractivity contribution in [2.75, 3.05) is 13.1 Å². The van der Waals surface area contributed by atoms with Crippen molar-refractivity contribution in [3.63, 3.8) is 0 Å². The molecule has 0 radical (unpaired) electrons. The number of carbonyl (C=O) groups excluding carboxylic acids is 1. The number of carbonyl (C=O) groups is 1. The standard InChI is InChI=1S/C19H23ClN2O4S2/c1-2-6-18-21-15(13-27-18)12-26-19(23)14-7-8-16(20)17(11-14)28(24,25)22-9-4-3-5-10-22/h7-8,11,13H,2-6,9-10,12H2,1H3. The van der Waals surface area contributed by atoms with E-state index in [0.29, 0.717) is 18.8 Å². The molecule has 0 unspecified atom stereocenters. The largest absolute Gasteiger partial charge is 0.456 e. The summed E-state index contributed by atoms with van der Waals surface area (Å²) in [5.41, 5.74) is 0.848. The van der Waals surface area contributed by atoms with E-state index in [9.17, 15) is 13.2 Å². The first-order valence-electron chi connectivity index (χ1n) is 9.32. The van der Waals surface area contributed by atoms with E-state index < -0.39 is 16.0 Å². The normalized spacial score (nSPS) is 15.5. The predicted octanol–water partition coefficient (Wildman–Crippen LogP) is 4.28. The highest BCUT2D eigenvalue weighted by molar-refractivity contribution is 7.89. The molecule has 1 aliphatic rings. The quantitative estimate of drug-likeness (QED) is 0.598. The van der Waals surface area contributed by atoms with Gasteiger partial charge in [0.15, 0.2) is 0 Å². The molecule has 152 valence electrons. The van der Waals surface area contributed by atoms with Crippen LogP contribution in [0.4, 0.5) is 0 Å². The van der Waals surface area contributed by atoms with Gasteiger partial charge in [-0.15, -0.1) is 11.3 Å². The van der Waals surface area contributed by atoms with E-state index >= 15 is 0 Å². The number of piperidine rings is 1. The van der Waals surface area contributed by atoms with Gasteiger partial charge in [0.2, 0.25) is 10.0 Å². The Morgan fingerprint density at radius 1 is 1.29 bits per heavy atom.